The molecule has 1 unspecified atom stereocenters. The van der Waals surface area contributed by atoms with Crippen LogP contribution in [0.5, 0.6) is 0 Å². The second-order valence-corrected chi connectivity index (χ2v) is 8.18. The molecule has 0 radical (unpaired) electrons. The highest BCUT2D eigenvalue weighted by Crippen LogP contribution is 2.48. The maximum Gasteiger partial charge on any atom is 0.170 e. The van der Waals surface area contributed by atoms with E-state index in [4.69, 9.17) is 4.52 Å². The number of aromatic nitrogens is 1. The van der Waals surface area contributed by atoms with E-state index in [1.165, 1.54) is 23.6 Å². The number of likely N-dealkylation sites (tertiary alicyclic amines) is 1. The molecular weight excluding hydrogens is 369 g/mol. The van der Waals surface area contributed by atoms with Crippen LogP contribution in [0, 0.1) is 5.82 Å². The van der Waals surface area contributed by atoms with E-state index in [2.05, 4.69) is 23.0 Å². The smallest absolute Gasteiger partial charge is 0.170 e. The predicted octanol–water partition coefficient (Wildman–Crippen LogP) is 5.28. The van der Waals surface area contributed by atoms with Gasteiger partial charge >= 0.3 is 0 Å². The topological polar surface area (TPSA) is 52.7 Å². The van der Waals surface area contributed by atoms with Crippen molar-refractivity contribution >= 4 is 11.0 Å². The number of hydrogen-bond donors (Lipinski definition) is 1. The van der Waals surface area contributed by atoms with E-state index < -0.39 is 5.66 Å². The normalized spacial score (nSPS) is 23.0. The van der Waals surface area contributed by atoms with E-state index in [1.807, 2.05) is 12.1 Å². The molecule has 0 bridgehead atoms. The van der Waals surface area contributed by atoms with Crippen molar-refractivity contribution in [2.24, 2.45) is 0 Å². The number of hydrogen-bond acceptors (Lipinski definition) is 5. The molecule has 1 N–H and O–H groups in total. The van der Waals surface area contributed by atoms with Gasteiger partial charge in [-0.25, -0.2) is 4.39 Å². The van der Waals surface area contributed by atoms with Crippen molar-refractivity contribution in [3.05, 3.63) is 53.3 Å². The average molecular weight is 395 g/mol. The summed E-state index contributed by atoms with van der Waals surface area (Å²) >= 11 is 0. The molecule has 3 heterocycles. The number of nitrogens with zero attached hydrogens (tertiary/aromatic N) is 3. The minimum Gasteiger partial charge on any atom is -0.356 e. The lowest BCUT2D eigenvalue weighted by molar-refractivity contribution is -0.238. The fourth-order valence-corrected chi connectivity index (χ4v) is 5.25. The van der Waals surface area contributed by atoms with Gasteiger partial charge in [0.25, 0.3) is 0 Å². The molecule has 2 aliphatic rings. The highest BCUT2D eigenvalue weighted by Gasteiger charge is 2.49. The van der Waals surface area contributed by atoms with E-state index in [9.17, 15) is 9.60 Å². The van der Waals surface area contributed by atoms with Gasteiger partial charge < -0.3 is 9.73 Å². The van der Waals surface area contributed by atoms with Gasteiger partial charge in [0.15, 0.2) is 5.58 Å². The maximum atomic E-state index is 13.6. The standard InChI is InChI=1S/C23H26FN3O2/c1-2-11-23(26-12-4-3-5-13-26)20-8-6-7-17(19(20)15-27(23)28)22-18-10-9-16(24)14-21(18)29-25-22/h6-10,14,28H,2-5,11-13,15H2,1H3. The first-order valence-corrected chi connectivity index (χ1v) is 10.5. The molecule has 1 fully saturated rings. The molecule has 0 spiro atoms. The van der Waals surface area contributed by atoms with E-state index in [1.54, 1.807) is 6.07 Å². The number of fused-ring (bicyclic) bond motifs is 2. The Bertz CT molecular complexity index is 1040. The summed E-state index contributed by atoms with van der Waals surface area (Å²) in [7, 11) is 0. The number of hydroxylamine groups is 2. The molecule has 1 saturated heterocycles. The highest BCUT2D eigenvalue weighted by atomic mass is 19.1. The third kappa shape index (κ3) is 2.81. The summed E-state index contributed by atoms with van der Waals surface area (Å²) in [4.78, 5) is 2.45. The Kier molecular flexibility index (Phi) is 4.65. The largest absolute Gasteiger partial charge is 0.356 e. The number of rotatable bonds is 4. The molecule has 5 rings (SSSR count). The van der Waals surface area contributed by atoms with Gasteiger partial charge in [-0.15, -0.1) is 0 Å². The Morgan fingerprint density at radius 3 is 2.79 bits per heavy atom. The number of benzene rings is 2. The van der Waals surface area contributed by atoms with Crippen LogP contribution >= 0.6 is 0 Å². The van der Waals surface area contributed by atoms with E-state index in [-0.39, 0.29) is 5.82 Å². The van der Waals surface area contributed by atoms with Gasteiger partial charge in [0.05, 0.1) is 6.54 Å². The Labute approximate surface area is 169 Å². The zero-order valence-corrected chi connectivity index (χ0v) is 16.7. The third-order valence-corrected chi connectivity index (χ3v) is 6.51. The van der Waals surface area contributed by atoms with Gasteiger partial charge in [-0.2, -0.15) is 5.06 Å². The fourth-order valence-electron chi connectivity index (χ4n) is 5.25. The second-order valence-electron chi connectivity index (χ2n) is 8.18. The summed E-state index contributed by atoms with van der Waals surface area (Å²) in [6.07, 6.45) is 5.41. The van der Waals surface area contributed by atoms with Crippen LogP contribution < -0.4 is 0 Å². The van der Waals surface area contributed by atoms with Crippen LogP contribution in [0.4, 0.5) is 4.39 Å². The van der Waals surface area contributed by atoms with Crippen molar-refractivity contribution in [1.82, 2.24) is 15.1 Å². The van der Waals surface area contributed by atoms with Crippen molar-refractivity contribution in [3.8, 4) is 11.3 Å². The monoisotopic (exact) mass is 395 g/mol. The zero-order valence-electron chi connectivity index (χ0n) is 16.7. The summed E-state index contributed by atoms with van der Waals surface area (Å²) in [5, 5.41) is 17.8. The molecule has 0 aliphatic carbocycles. The second kappa shape index (κ2) is 7.20. The fraction of sp³-hybridized carbons (Fsp3) is 0.435. The van der Waals surface area contributed by atoms with Crippen LogP contribution in [0.15, 0.2) is 40.9 Å². The molecular formula is C23H26FN3O2. The maximum absolute atomic E-state index is 13.6. The van der Waals surface area contributed by atoms with Crippen LogP contribution in [0.3, 0.4) is 0 Å². The van der Waals surface area contributed by atoms with Gasteiger partial charge in [0.2, 0.25) is 0 Å². The molecule has 2 aliphatic heterocycles. The van der Waals surface area contributed by atoms with Gasteiger partial charge in [-0.3, -0.25) is 4.90 Å². The van der Waals surface area contributed by atoms with Crippen molar-refractivity contribution in [2.45, 2.75) is 51.2 Å². The molecule has 1 atom stereocenters. The molecule has 152 valence electrons. The third-order valence-electron chi connectivity index (χ3n) is 6.51. The minimum absolute atomic E-state index is 0.341. The Morgan fingerprint density at radius 2 is 2.00 bits per heavy atom. The van der Waals surface area contributed by atoms with Gasteiger partial charge in [-0.05, 0) is 42.5 Å². The molecule has 0 amide bonds. The number of piperidine rings is 1. The van der Waals surface area contributed by atoms with Crippen molar-refractivity contribution in [2.75, 3.05) is 13.1 Å². The van der Waals surface area contributed by atoms with Crippen LogP contribution in [0.1, 0.15) is 50.2 Å². The molecule has 6 heteroatoms. The van der Waals surface area contributed by atoms with Crippen molar-refractivity contribution < 1.29 is 14.1 Å². The molecule has 5 nitrogen and oxygen atoms in total. The van der Waals surface area contributed by atoms with Crippen LogP contribution in [0.2, 0.25) is 0 Å². The van der Waals surface area contributed by atoms with Crippen LogP contribution in [-0.2, 0) is 12.2 Å². The Balaban J connectivity index is 1.67. The first-order chi connectivity index (χ1) is 14.1. The average Bonchev–Trinajstić information content (AvgIpc) is 3.28. The summed E-state index contributed by atoms with van der Waals surface area (Å²) in [5.74, 6) is -0.341. The summed E-state index contributed by atoms with van der Waals surface area (Å²) in [6, 6.07) is 10.7. The van der Waals surface area contributed by atoms with Crippen LogP contribution in [0.25, 0.3) is 22.2 Å². The Morgan fingerprint density at radius 1 is 1.17 bits per heavy atom. The summed E-state index contributed by atoms with van der Waals surface area (Å²) in [6.45, 7) is 4.60. The van der Waals surface area contributed by atoms with Gasteiger partial charge in [-0.1, -0.05) is 43.1 Å². The minimum atomic E-state index is -0.494. The lowest BCUT2D eigenvalue weighted by Gasteiger charge is -2.47. The van der Waals surface area contributed by atoms with Crippen molar-refractivity contribution in [3.63, 3.8) is 0 Å². The first kappa shape index (κ1) is 18.7. The quantitative estimate of drug-likeness (QED) is 0.652. The molecule has 0 saturated carbocycles. The number of halogens is 1. The van der Waals surface area contributed by atoms with E-state index in [0.29, 0.717) is 17.8 Å². The lowest BCUT2D eigenvalue weighted by Crippen LogP contribution is -2.55. The summed E-state index contributed by atoms with van der Waals surface area (Å²) in [5.41, 5.74) is 3.82. The van der Waals surface area contributed by atoms with Crippen LogP contribution in [-0.4, -0.2) is 33.4 Å². The summed E-state index contributed by atoms with van der Waals surface area (Å²) < 4.78 is 19.0. The molecule has 3 aromatic rings. The lowest BCUT2D eigenvalue weighted by atomic mass is 9.88. The molecule has 2 aromatic carbocycles. The molecule has 1 aromatic heterocycles. The van der Waals surface area contributed by atoms with Gasteiger partial charge in [0.1, 0.15) is 17.2 Å². The van der Waals surface area contributed by atoms with Gasteiger partial charge in [0, 0.05) is 30.1 Å². The van der Waals surface area contributed by atoms with E-state index in [0.717, 1.165) is 60.8 Å². The van der Waals surface area contributed by atoms with E-state index >= 15 is 0 Å². The predicted molar refractivity (Wildman–Crippen MR) is 109 cm³/mol. The van der Waals surface area contributed by atoms with Crippen molar-refractivity contribution in [1.29, 1.82) is 0 Å². The zero-order chi connectivity index (χ0) is 20.0. The Hall–Kier alpha value is -2.28. The highest BCUT2D eigenvalue weighted by molar-refractivity contribution is 5.92. The first-order valence-electron chi connectivity index (χ1n) is 10.5. The molecule has 29 heavy (non-hydrogen) atoms. The SMILES string of the molecule is CCCC1(N2CCCCC2)c2cccc(-c3noc4cc(F)ccc34)c2CN1O.